The van der Waals surface area contributed by atoms with Crippen molar-refractivity contribution >= 4 is 11.9 Å². The molecule has 0 radical (unpaired) electrons. The molecule has 0 aromatic carbocycles. The van der Waals surface area contributed by atoms with Crippen molar-refractivity contribution in [2.24, 2.45) is 17.1 Å². The van der Waals surface area contributed by atoms with Crippen molar-refractivity contribution in [2.45, 2.75) is 65.0 Å². The van der Waals surface area contributed by atoms with Gasteiger partial charge < -0.3 is 15.8 Å². The highest BCUT2D eigenvalue weighted by Gasteiger charge is 2.36. The average molecular weight is 284 g/mol. The van der Waals surface area contributed by atoms with Crippen molar-refractivity contribution in [3.05, 3.63) is 0 Å². The lowest BCUT2D eigenvalue weighted by atomic mass is 9.83. The van der Waals surface area contributed by atoms with Crippen LogP contribution in [0.25, 0.3) is 0 Å². The molecule has 1 rings (SSSR count). The third-order valence-electron chi connectivity index (χ3n) is 4.05. The zero-order valence-corrected chi connectivity index (χ0v) is 13.1. The van der Waals surface area contributed by atoms with Crippen molar-refractivity contribution in [1.82, 2.24) is 5.32 Å². The zero-order chi connectivity index (χ0) is 15.3. The third kappa shape index (κ3) is 4.47. The first-order valence-corrected chi connectivity index (χ1v) is 7.41. The van der Waals surface area contributed by atoms with Crippen molar-refractivity contribution in [3.8, 4) is 0 Å². The minimum absolute atomic E-state index is 0.224. The number of carbonyl (C=O) groups is 2. The van der Waals surface area contributed by atoms with Crippen LogP contribution in [-0.2, 0) is 14.3 Å². The molecule has 1 aliphatic rings. The van der Waals surface area contributed by atoms with E-state index >= 15 is 0 Å². The highest BCUT2D eigenvalue weighted by molar-refractivity contribution is 5.88. The Morgan fingerprint density at radius 1 is 1.20 bits per heavy atom. The highest BCUT2D eigenvalue weighted by atomic mass is 16.5. The van der Waals surface area contributed by atoms with Gasteiger partial charge in [-0.15, -0.1) is 0 Å². The summed E-state index contributed by atoms with van der Waals surface area (Å²) in [4.78, 5) is 24.1. The van der Waals surface area contributed by atoms with E-state index in [0.717, 1.165) is 25.7 Å². The summed E-state index contributed by atoms with van der Waals surface area (Å²) in [7, 11) is 1.33. The summed E-state index contributed by atoms with van der Waals surface area (Å²) in [6, 6.07) is -1.21. The summed E-state index contributed by atoms with van der Waals surface area (Å²) in [5, 5.41) is 2.77. The number of ether oxygens (including phenoxy) is 1. The molecule has 0 spiro atoms. The largest absolute Gasteiger partial charge is 0.467 e. The molecule has 0 heterocycles. The van der Waals surface area contributed by atoms with E-state index in [1.54, 1.807) is 0 Å². The molecule has 20 heavy (non-hydrogen) atoms. The average Bonchev–Trinajstić information content (AvgIpc) is 2.42. The lowest BCUT2D eigenvalue weighted by Crippen LogP contribution is -2.55. The molecule has 2 atom stereocenters. The second kappa shape index (κ2) is 7.07. The number of hydrogen-bond acceptors (Lipinski definition) is 4. The van der Waals surface area contributed by atoms with E-state index in [-0.39, 0.29) is 11.8 Å². The summed E-state index contributed by atoms with van der Waals surface area (Å²) >= 11 is 0. The van der Waals surface area contributed by atoms with E-state index in [1.807, 2.05) is 20.8 Å². The second-order valence-corrected chi connectivity index (χ2v) is 6.75. The van der Waals surface area contributed by atoms with Crippen LogP contribution in [0.3, 0.4) is 0 Å². The van der Waals surface area contributed by atoms with Crippen LogP contribution in [-0.4, -0.2) is 31.1 Å². The Bertz CT molecular complexity index is 344. The van der Waals surface area contributed by atoms with Gasteiger partial charge in [0.05, 0.1) is 13.2 Å². The standard InChI is InChI=1S/C15H28N2O3/c1-15(2,3)12(14(19)20-4)17-13(18)11(16)10-8-6-5-7-9-10/h10-12H,5-9,16H2,1-4H3,(H,17,18). The number of hydrogen-bond donors (Lipinski definition) is 2. The molecule has 2 unspecified atom stereocenters. The molecule has 0 aliphatic heterocycles. The van der Waals surface area contributed by atoms with Gasteiger partial charge in [0.2, 0.25) is 5.91 Å². The van der Waals surface area contributed by atoms with Crippen LogP contribution in [0.4, 0.5) is 0 Å². The van der Waals surface area contributed by atoms with Crippen LogP contribution in [0.5, 0.6) is 0 Å². The Balaban J connectivity index is 2.67. The summed E-state index contributed by atoms with van der Waals surface area (Å²) in [6.07, 6.45) is 5.47. The first-order valence-electron chi connectivity index (χ1n) is 7.41. The first kappa shape index (κ1) is 17.0. The molecule has 3 N–H and O–H groups in total. The van der Waals surface area contributed by atoms with Gasteiger partial charge in [-0.2, -0.15) is 0 Å². The lowest BCUT2D eigenvalue weighted by Gasteiger charge is -2.32. The van der Waals surface area contributed by atoms with E-state index < -0.39 is 23.5 Å². The third-order valence-corrected chi connectivity index (χ3v) is 4.05. The van der Waals surface area contributed by atoms with E-state index in [4.69, 9.17) is 10.5 Å². The predicted octanol–water partition coefficient (Wildman–Crippen LogP) is 1.60. The number of nitrogens with one attached hydrogen (secondary N) is 1. The van der Waals surface area contributed by atoms with E-state index in [9.17, 15) is 9.59 Å². The topological polar surface area (TPSA) is 81.4 Å². The minimum Gasteiger partial charge on any atom is -0.467 e. The fourth-order valence-electron chi connectivity index (χ4n) is 2.69. The van der Waals surface area contributed by atoms with Crippen molar-refractivity contribution in [1.29, 1.82) is 0 Å². The van der Waals surface area contributed by atoms with Gasteiger partial charge in [-0.1, -0.05) is 40.0 Å². The highest BCUT2D eigenvalue weighted by Crippen LogP contribution is 2.26. The van der Waals surface area contributed by atoms with E-state index in [1.165, 1.54) is 13.5 Å². The molecule has 5 nitrogen and oxygen atoms in total. The van der Waals surface area contributed by atoms with Gasteiger partial charge in [0.15, 0.2) is 0 Å². The number of methoxy groups -OCH3 is 1. The molecule has 0 bridgehead atoms. The van der Waals surface area contributed by atoms with Crippen LogP contribution in [0.2, 0.25) is 0 Å². The van der Waals surface area contributed by atoms with Gasteiger partial charge in [0.25, 0.3) is 0 Å². The maximum atomic E-state index is 12.3. The zero-order valence-electron chi connectivity index (χ0n) is 13.1. The molecule has 1 fully saturated rings. The molecule has 1 aliphatic carbocycles. The molecule has 0 saturated heterocycles. The van der Waals surface area contributed by atoms with Crippen molar-refractivity contribution < 1.29 is 14.3 Å². The Labute approximate surface area is 121 Å². The van der Waals surface area contributed by atoms with Crippen molar-refractivity contribution in [2.75, 3.05) is 7.11 Å². The number of carbonyl (C=O) groups excluding carboxylic acids is 2. The molecule has 5 heteroatoms. The fraction of sp³-hybridized carbons (Fsp3) is 0.867. The van der Waals surface area contributed by atoms with Crippen LogP contribution >= 0.6 is 0 Å². The summed E-state index contributed by atoms with van der Waals surface area (Å²) in [5.41, 5.74) is 5.65. The monoisotopic (exact) mass is 284 g/mol. The Morgan fingerprint density at radius 2 is 1.75 bits per heavy atom. The molecule has 0 aromatic rings. The maximum absolute atomic E-state index is 12.3. The minimum atomic E-state index is -0.672. The normalized spacial score (nSPS) is 20.1. The van der Waals surface area contributed by atoms with Gasteiger partial charge in [-0.3, -0.25) is 4.79 Å². The molecule has 1 amide bonds. The van der Waals surface area contributed by atoms with Crippen LogP contribution < -0.4 is 11.1 Å². The number of amides is 1. The maximum Gasteiger partial charge on any atom is 0.328 e. The van der Waals surface area contributed by atoms with Gasteiger partial charge in [-0.05, 0) is 24.2 Å². The quantitative estimate of drug-likeness (QED) is 0.768. The SMILES string of the molecule is COC(=O)C(NC(=O)C(N)C1CCCCC1)C(C)(C)C. The number of nitrogens with two attached hydrogens (primary N) is 1. The van der Waals surface area contributed by atoms with Gasteiger partial charge in [-0.25, -0.2) is 4.79 Å². The Morgan fingerprint density at radius 3 is 2.20 bits per heavy atom. The Kier molecular flexibility index (Phi) is 5.99. The van der Waals surface area contributed by atoms with E-state index in [0.29, 0.717) is 0 Å². The molecular weight excluding hydrogens is 256 g/mol. The summed E-state index contributed by atoms with van der Waals surface area (Å²) in [5.74, 6) is -0.453. The Hall–Kier alpha value is -1.10. The lowest BCUT2D eigenvalue weighted by molar-refractivity contribution is -0.148. The van der Waals surface area contributed by atoms with E-state index in [2.05, 4.69) is 5.32 Å². The molecule has 1 saturated carbocycles. The van der Waals surface area contributed by atoms with Crippen molar-refractivity contribution in [3.63, 3.8) is 0 Å². The molecular formula is C15H28N2O3. The smallest absolute Gasteiger partial charge is 0.328 e. The predicted molar refractivity (Wildman–Crippen MR) is 78.0 cm³/mol. The number of esters is 1. The summed E-state index contributed by atoms with van der Waals surface area (Å²) < 4.78 is 4.77. The van der Waals surface area contributed by atoms with Gasteiger partial charge in [0.1, 0.15) is 6.04 Å². The van der Waals surface area contributed by atoms with Crippen LogP contribution in [0.15, 0.2) is 0 Å². The fourth-order valence-corrected chi connectivity index (χ4v) is 2.69. The van der Waals surface area contributed by atoms with Gasteiger partial charge >= 0.3 is 5.97 Å². The van der Waals surface area contributed by atoms with Crippen LogP contribution in [0.1, 0.15) is 52.9 Å². The molecule has 116 valence electrons. The first-order chi connectivity index (χ1) is 9.27. The second-order valence-electron chi connectivity index (χ2n) is 6.75. The van der Waals surface area contributed by atoms with Crippen LogP contribution in [0, 0.1) is 11.3 Å². The van der Waals surface area contributed by atoms with Gasteiger partial charge in [0, 0.05) is 0 Å². The number of rotatable bonds is 4. The summed E-state index contributed by atoms with van der Waals surface area (Å²) in [6.45, 7) is 5.67. The molecule has 0 aromatic heterocycles.